The molecule has 1 aromatic heterocycles. The summed E-state index contributed by atoms with van der Waals surface area (Å²) in [6.07, 6.45) is 3.10. The fourth-order valence-electron chi connectivity index (χ4n) is 0.928. The van der Waals surface area contributed by atoms with Crippen molar-refractivity contribution in [1.82, 2.24) is 5.43 Å². The second-order valence-corrected chi connectivity index (χ2v) is 2.31. The lowest BCUT2D eigenvalue weighted by Crippen LogP contribution is -1.91. The summed E-state index contributed by atoms with van der Waals surface area (Å²) in [7, 11) is 0. The van der Waals surface area contributed by atoms with Gasteiger partial charge in [0.15, 0.2) is 5.76 Å². The van der Waals surface area contributed by atoms with Crippen LogP contribution < -0.4 is 5.43 Å². The maximum absolute atomic E-state index is 10.3. The zero-order valence-electron chi connectivity index (χ0n) is 6.38. The van der Waals surface area contributed by atoms with Crippen molar-refractivity contribution in [1.29, 1.82) is 0 Å². The van der Waals surface area contributed by atoms with Gasteiger partial charge >= 0.3 is 5.88 Å². The van der Waals surface area contributed by atoms with Crippen molar-refractivity contribution < 1.29 is 9.34 Å². The van der Waals surface area contributed by atoms with E-state index < -0.39 is 4.92 Å². The number of nitrogens with zero attached hydrogens (tertiary/aromatic N) is 3. The molecule has 0 fully saturated rings. The van der Waals surface area contributed by atoms with Crippen LogP contribution in [0.3, 0.4) is 0 Å². The Morgan fingerprint density at radius 1 is 1.46 bits per heavy atom. The molecule has 6 heteroatoms. The zero-order chi connectivity index (χ0) is 9.26. The largest absolute Gasteiger partial charge is 0.433 e. The molecule has 1 aliphatic rings. The summed E-state index contributed by atoms with van der Waals surface area (Å²) in [4.78, 5) is 9.66. The maximum Gasteiger partial charge on any atom is 0.433 e. The van der Waals surface area contributed by atoms with Gasteiger partial charge in [0.2, 0.25) is 0 Å². The minimum Gasteiger partial charge on any atom is -0.399 e. The third-order valence-corrected chi connectivity index (χ3v) is 1.49. The van der Waals surface area contributed by atoms with E-state index in [1.165, 1.54) is 18.3 Å². The van der Waals surface area contributed by atoms with Crippen molar-refractivity contribution in [3.63, 3.8) is 0 Å². The van der Waals surface area contributed by atoms with Gasteiger partial charge in [-0.05, 0) is 12.1 Å². The Morgan fingerprint density at radius 3 is 2.85 bits per heavy atom. The van der Waals surface area contributed by atoms with Gasteiger partial charge in [-0.3, -0.25) is 10.1 Å². The molecule has 0 aromatic carbocycles. The second-order valence-electron chi connectivity index (χ2n) is 2.31. The molecule has 13 heavy (non-hydrogen) atoms. The number of nitro groups is 1. The number of hydrogen-bond acceptors (Lipinski definition) is 4. The first kappa shape index (κ1) is 7.53. The third-order valence-electron chi connectivity index (χ3n) is 1.49. The van der Waals surface area contributed by atoms with Crippen LogP contribution in [0.15, 0.2) is 33.9 Å². The monoisotopic (exact) mass is 178 g/mol. The highest BCUT2D eigenvalue weighted by Crippen LogP contribution is 2.17. The standard InChI is InChI=1S/C7H4N3O3/c11-10(12)7-2-1-6(13-7)5-3-4-8-9-5/h1-4H. The van der Waals surface area contributed by atoms with Crippen LogP contribution in [-0.2, 0) is 0 Å². The third kappa shape index (κ3) is 1.28. The fourth-order valence-corrected chi connectivity index (χ4v) is 0.928. The average molecular weight is 178 g/mol. The van der Waals surface area contributed by atoms with Crippen LogP contribution >= 0.6 is 0 Å². The van der Waals surface area contributed by atoms with Crippen molar-refractivity contribution in [3.05, 3.63) is 40.3 Å². The molecule has 0 saturated heterocycles. The van der Waals surface area contributed by atoms with Gasteiger partial charge in [-0.1, -0.05) is 0 Å². The molecular formula is C7H4N3O3. The van der Waals surface area contributed by atoms with Gasteiger partial charge in [0.1, 0.15) is 10.6 Å². The van der Waals surface area contributed by atoms with Gasteiger partial charge in [-0.2, -0.15) is 5.43 Å². The molecule has 0 amide bonds. The fraction of sp³-hybridized carbons (Fsp3) is 0. The molecule has 0 saturated carbocycles. The summed E-state index contributed by atoms with van der Waals surface area (Å²) in [6.45, 7) is 0. The Balaban J connectivity index is 2.32. The average Bonchev–Trinajstić information content (AvgIpc) is 2.75. The molecule has 0 unspecified atom stereocenters. The lowest BCUT2D eigenvalue weighted by Gasteiger charge is -1.87. The summed E-state index contributed by atoms with van der Waals surface area (Å²) < 4.78 is 4.89. The summed E-state index contributed by atoms with van der Waals surface area (Å²) in [5.74, 6) is 0.0576. The molecular weight excluding hydrogens is 174 g/mol. The minimum absolute atomic E-state index is 0.294. The topological polar surface area (TPSA) is 82.7 Å². The molecule has 1 radical (unpaired) electrons. The molecule has 2 heterocycles. The molecule has 1 aromatic rings. The van der Waals surface area contributed by atoms with E-state index in [4.69, 9.17) is 4.42 Å². The van der Waals surface area contributed by atoms with E-state index in [1.54, 1.807) is 6.08 Å². The molecule has 0 atom stereocenters. The number of rotatable bonds is 2. The molecule has 0 spiro atoms. The summed E-state index contributed by atoms with van der Waals surface area (Å²) in [5, 5.41) is 14.0. The SMILES string of the molecule is O=[N+]([O-])c1ccc(C2=N[N]C=C2)o1. The van der Waals surface area contributed by atoms with Crippen LogP contribution in [0.1, 0.15) is 5.76 Å². The first-order valence-electron chi connectivity index (χ1n) is 3.46. The second kappa shape index (κ2) is 2.74. The van der Waals surface area contributed by atoms with Gasteiger partial charge in [0, 0.05) is 0 Å². The summed E-state index contributed by atoms with van der Waals surface area (Å²) in [6, 6.07) is 2.77. The smallest absolute Gasteiger partial charge is 0.399 e. The van der Waals surface area contributed by atoms with Crippen molar-refractivity contribution in [2.24, 2.45) is 5.10 Å². The van der Waals surface area contributed by atoms with Crippen LogP contribution in [0, 0.1) is 10.1 Å². The number of allylic oxidation sites excluding steroid dienone is 1. The van der Waals surface area contributed by atoms with Crippen LogP contribution in [0.25, 0.3) is 0 Å². The first-order valence-corrected chi connectivity index (χ1v) is 3.46. The van der Waals surface area contributed by atoms with Gasteiger partial charge < -0.3 is 4.42 Å². The van der Waals surface area contributed by atoms with Crippen LogP contribution in [0.4, 0.5) is 5.88 Å². The van der Waals surface area contributed by atoms with Crippen molar-refractivity contribution in [2.45, 2.75) is 0 Å². The van der Waals surface area contributed by atoms with Crippen molar-refractivity contribution in [2.75, 3.05) is 0 Å². The molecule has 0 bridgehead atoms. The highest BCUT2D eigenvalue weighted by molar-refractivity contribution is 6.07. The van der Waals surface area contributed by atoms with Crippen molar-refractivity contribution in [3.8, 4) is 0 Å². The molecule has 0 N–H and O–H groups in total. The van der Waals surface area contributed by atoms with Crippen LogP contribution in [0.5, 0.6) is 0 Å². The van der Waals surface area contributed by atoms with E-state index >= 15 is 0 Å². The van der Waals surface area contributed by atoms with Gasteiger partial charge in [0.05, 0.1) is 12.3 Å². The zero-order valence-corrected chi connectivity index (χ0v) is 6.38. The molecule has 2 rings (SSSR count). The Kier molecular flexibility index (Phi) is 1.59. The molecule has 0 aliphatic carbocycles. The van der Waals surface area contributed by atoms with Gasteiger partial charge in [-0.25, -0.2) is 0 Å². The molecule has 6 nitrogen and oxygen atoms in total. The lowest BCUT2D eigenvalue weighted by molar-refractivity contribution is -0.402. The highest BCUT2D eigenvalue weighted by atomic mass is 16.6. The summed E-state index contributed by atoms with van der Waals surface area (Å²) >= 11 is 0. The van der Waals surface area contributed by atoms with E-state index in [0.717, 1.165) is 0 Å². The quantitative estimate of drug-likeness (QED) is 0.500. The Bertz CT molecular complexity index is 405. The van der Waals surface area contributed by atoms with E-state index in [1.807, 2.05) is 0 Å². The van der Waals surface area contributed by atoms with Crippen LogP contribution in [0.2, 0.25) is 0 Å². The maximum atomic E-state index is 10.3. The predicted molar refractivity (Wildman–Crippen MR) is 43.2 cm³/mol. The first-order chi connectivity index (χ1) is 6.27. The number of furan rings is 1. The van der Waals surface area contributed by atoms with E-state index in [9.17, 15) is 10.1 Å². The summed E-state index contributed by atoms with van der Waals surface area (Å²) in [5.41, 5.74) is 4.07. The van der Waals surface area contributed by atoms with Gasteiger partial charge in [0.25, 0.3) is 0 Å². The Hall–Kier alpha value is -2.11. The van der Waals surface area contributed by atoms with Crippen LogP contribution in [-0.4, -0.2) is 10.6 Å². The highest BCUT2D eigenvalue weighted by Gasteiger charge is 2.15. The Labute approximate surface area is 72.7 Å². The van der Waals surface area contributed by atoms with E-state index in [0.29, 0.717) is 11.5 Å². The Morgan fingerprint density at radius 2 is 2.31 bits per heavy atom. The van der Waals surface area contributed by atoms with E-state index in [-0.39, 0.29) is 5.88 Å². The molecule has 1 aliphatic heterocycles. The normalized spacial score (nSPS) is 14.0. The van der Waals surface area contributed by atoms with Gasteiger partial charge in [-0.15, -0.1) is 5.10 Å². The lowest BCUT2D eigenvalue weighted by atomic mass is 10.3. The van der Waals surface area contributed by atoms with Crippen molar-refractivity contribution >= 4 is 11.6 Å². The minimum atomic E-state index is -0.597. The van der Waals surface area contributed by atoms with E-state index in [2.05, 4.69) is 10.5 Å². The predicted octanol–water partition coefficient (Wildman–Crippen LogP) is 1.02. The molecule has 65 valence electrons. The number of hydrogen-bond donors (Lipinski definition) is 0.